The van der Waals surface area contributed by atoms with Crippen molar-refractivity contribution in [3.63, 3.8) is 0 Å². The largest absolute Gasteiger partial charge is 0.352 e. The predicted molar refractivity (Wildman–Crippen MR) is 86.4 cm³/mol. The van der Waals surface area contributed by atoms with E-state index in [-0.39, 0.29) is 5.91 Å². The summed E-state index contributed by atoms with van der Waals surface area (Å²) in [5, 5.41) is 7.03. The van der Waals surface area contributed by atoms with Crippen LogP contribution in [0.2, 0.25) is 0 Å². The van der Waals surface area contributed by atoms with Crippen LogP contribution < -0.4 is 5.32 Å². The number of rotatable bonds is 6. The molecule has 1 amide bonds. The Morgan fingerprint density at radius 3 is 3.00 bits per heavy atom. The minimum absolute atomic E-state index is 0.0453. The smallest absolute Gasteiger partial charge is 0.252 e. The maximum atomic E-state index is 12.1. The summed E-state index contributed by atoms with van der Waals surface area (Å²) in [7, 11) is 0. The summed E-state index contributed by atoms with van der Waals surface area (Å²) in [4.78, 5) is 12.1. The summed E-state index contributed by atoms with van der Waals surface area (Å²) in [6.45, 7) is 2.96. The van der Waals surface area contributed by atoms with Crippen LogP contribution in [0.4, 0.5) is 0 Å². The molecule has 1 aromatic heterocycles. The van der Waals surface area contributed by atoms with Gasteiger partial charge in [0, 0.05) is 27.3 Å². The minimum Gasteiger partial charge on any atom is -0.352 e. The number of thiophene rings is 1. The zero-order valence-electron chi connectivity index (χ0n) is 11.0. The molecule has 0 saturated heterocycles. The molecule has 4 heteroatoms. The summed E-state index contributed by atoms with van der Waals surface area (Å²) in [6, 6.07) is 8.04. The summed E-state index contributed by atoms with van der Waals surface area (Å²) < 4.78 is 1.17. The van der Waals surface area contributed by atoms with E-state index in [1.807, 2.05) is 23.6 Å². The maximum Gasteiger partial charge on any atom is 0.252 e. The van der Waals surface area contributed by atoms with Crippen molar-refractivity contribution >= 4 is 43.3 Å². The SMILES string of the molecule is CC(CBr)CCCNC(=O)c1csc2ccccc12. The fourth-order valence-electron chi connectivity index (χ4n) is 1.98. The lowest BCUT2D eigenvalue weighted by Crippen LogP contribution is -2.24. The van der Waals surface area contributed by atoms with Gasteiger partial charge in [-0.15, -0.1) is 11.3 Å². The molecule has 1 unspecified atom stereocenters. The second-order valence-corrected chi connectivity index (χ2v) is 6.36. The van der Waals surface area contributed by atoms with Crippen LogP contribution in [0.3, 0.4) is 0 Å². The molecule has 0 radical (unpaired) electrons. The molecule has 0 aliphatic rings. The van der Waals surface area contributed by atoms with Gasteiger partial charge in [0.05, 0.1) is 5.56 Å². The normalized spacial score (nSPS) is 12.5. The molecule has 0 aliphatic heterocycles. The summed E-state index contributed by atoms with van der Waals surface area (Å²) in [5.74, 6) is 0.711. The molecule has 1 aromatic carbocycles. The molecular formula is C15H18BrNOS. The monoisotopic (exact) mass is 339 g/mol. The summed E-state index contributed by atoms with van der Waals surface area (Å²) in [5.41, 5.74) is 0.800. The van der Waals surface area contributed by atoms with Gasteiger partial charge in [0.2, 0.25) is 0 Å². The molecule has 2 aromatic rings. The maximum absolute atomic E-state index is 12.1. The number of fused-ring (bicyclic) bond motifs is 1. The first kappa shape index (κ1) is 14.5. The Morgan fingerprint density at radius 2 is 2.21 bits per heavy atom. The number of benzene rings is 1. The minimum atomic E-state index is 0.0453. The molecule has 0 fully saturated rings. The Morgan fingerprint density at radius 1 is 1.42 bits per heavy atom. The Labute approximate surface area is 126 Å². The third kappa shape index (κ3) is 3.80. The van der Waals surface area contributed by atoms with E-state index in [1.54, 1.807) is 11.3 Å². The molecule has 0 aliphatic carbocycles. The Balaban J connectivity index is 1.90. The van der Waals surface area contributed by atoms with Crippen LogP contribution in [0.25, 0.3) is 10.1 Å². The fourth-order valence-corrected chi connectivity index (χ4v) is 3.24. The molecule has 102 valence electrons. The van der Waals surface area contributed by atoms with Crippen molar-refractivity contribution in [3.8, 4) is 0 Å². The topological polar surface area (TPSA) is 29.1 Å². The van der Waals surface area contributed by atoms with Crippen LogP contribution >= 0.6 is 27.3 Å². The van der Waals surface area contributed by atoms with Gasteiger partial charge in [-0.1, -0.05) is 41.1 Å². The molecule has 0 saturated carbocycles. The van der Waals surface area contributed by atoms with Gasteiger partial charge in [-0.3, -0.25) is 4.79 Å². The van der Waals surface area contributed by atoms with Gasteiger partial charge in [-0.25, -0.2) is 0 Å². The lowest BCUT2D eigenvalue weighted by Gasteiger charge is -2.08. The van der Waals surface area contributed by atoms with E-state index in [2.05, 4.69) is 34.2 Å². The average Bonchev–Trinajstić information content (AvgIpc) is 2.87. The van der Waals surface area contributed by atoms with Crippen molar-refractivity contribution in [2.24, 2.45) is 5.92 Å². The number of alkyl halides is 1. The number of amides is 1. The van der Waals surface area contributed by atoms with Gasteiger partial charge in [0.15, 0.2) is 0 Å². The number of nitrogens with one attached hydrogen (secondary N) is 1. The first-order valence-electron chi connectivity index (χ1n) is 6.52. The molecule has 1 atom stereocenters. The molecule has 1 heterocycles. The highest BCUT2D eigenvalue weighted by molar-refractivity contribution is 9.09. The fraction of sp³-hybridized carbons (Fsp3) is 0.400. The molecule has 0 bridgehead atoms. The molecular weight excluding hydrogens is 322 g/mol. The highest BCUT2D eigenvalue weighted by Gasteiger charge is 2.11. The van der Waals surface area contributed by atoms with Gasteiger partial charge in [-0.05, 0) is 24.8 Å². The first-order chi connectivity index (χ1) is 9.22. The number of halogens is 1. The zero-order chi connectivity index (χ0) is 13.7. The molecule has 2 rings (SSSR count). The second kappa shape index (κ2) is 7.06. The highest BCUT2D eigenvalue weighted by Crippen LogP contribution is 2.25. The second-order valence-electron chi connectivity index (χ2n) is 4.80. The van der Waals surface area contributed by atoms with Gasteiger partial charge < -0.3 is 5.32 Å². The Bertz CT molecular complexity index is 552. The van der Waals surface area contributed by atoms with Crippen LogP contribution in [0.1, 0.15) is 30.1 Å². The van der Waals surface area contributed by atoms with E-state index in [0.29, 0.717) is 5.92 Å². The molecule has 19 heavy (non-hydrogen) atoms. The van der Waals surface area contributed by atoms with E-state index in [0.717, 1.165) is 35.7 Å². The molecule has 0 spiro atoms. The van der Waals surface area contributed by atoms with Gasteiger partial charge in [0.25, 0.3) is 5.91 Å². The standard InChI is InChI=1S/C15H18BrNOS/c1-11(9-16)5-4-8-17-15(18)13-10-19-14-7-3-2-6-12(13)14/h2-3,6-7,10-11H,4-5,8-9H2,1H3,(H,17,18). The van der Waals surface area contributed by atoms with Crippen LogP contribution in [-0.4, -0.2) is 17.8 Å². The van der Waals surface area contributed by atoms with Crippen molar-refractivity contribution in [1.82, 2.24) is 5.32 Å². The van der Waals surface area contributed by atoms with Crippen molar-refractivity contribution in [2.45, 2.75) is 19.8 Å². The van der Waals surface area contributed by atoms with Crippen LogP contribution in [-0.2, 0) is 0 Å². The Hall–Kier alpha value is -0.870. The molecule has 1 N–H and O–H groups in total. The molecule has 2 nitrogen and oxygen atoms in total. The lowest BCUT2D eigenvalue weighted by atomic mass is 10.1. The third-order valence-electron chi connectivity index (χ3n) is 3.15. The number of hydrogen-bond acceptors (Lipinski definition) is 2. The number of carbonyl (C=O) groups is 1. The van der Waals surface area contributed by atoms with E-state index in [4.69, 9.17) is 0 Å². The van der Waals surface area contributed by atoms with E-state index in [1.165, 1.54) is 4.70 Å². The lowest BCUT2D eigenvalue weighted by molar-refractivity contribution is 0.0954. The van der Waals surface area contributed by atoms with Crippen LogP contribution in [0.5, 0.6) is 0 Å². The van der Waals surface area contributed by atoms with Crippen molar-refractivity contribution < 1.29 is 4.79 Å². The van der Waals surface area contributed by atoms with Gasteiger partial charge >= 0.3 is 0 Å². The van der Waals surface area contributed by atoms with Crippen molar-refractivity contribution in [3.05, 3.63) is 35.2 Å². The van der Waals surface area contributed by atoms with Gasteiger partial charge in [-0.2, -0.15) is 0 Å². The van der Waals surface area contributed by atoms with Gasteiger partial charge in [0.1, 0.15) is 0 Å². The van der Waals surface area contributed by atoms with Crippen molar-refractivity contribution in [1.29, 1.82) is 0 Å². The predicted octanol–water partition coefficient (Wildman–Crippen LogP) is 4.44. The summed E-state index contributed by atoms with van der Waals surface area (Å²) >= 11 is 5.09. The number of carbonyl (C=O) groups excluding carboxylic acids is 1. The van der Waals surface area contributed by atoms with Crippen LogP contribution in [0.15, 0.2) is 29.6 Å². The van der Waals surface area contributed by atoms with E-state index >= 15 is 0 Å². The van der Waals surface area contributed by atoms with E-state index in [9.17, 15) is 4.79 Å². The van der Waals surface area contributed by atoms with Crippen LogP contribution in [0, 0.1) is 5.92 Å². The van der Waals surface area contributed by atoms with E-state index < -0.39 is 0 Å². The van der Waals surface area contributed by atoms with Crippen molar-refractivity contribution in [2.75, 3.05) is 11.9 Å². The number of hydrogen-bond donors (Lipinski definition) is 1. The first-order valence-corrected chi connectivity index (χ1v) is 8.53. The zero-order valence-corrected chi connectivity index (χ0v) is 13.4. The summed E-state index contributed by atoms with van der Waals surface area (Å²) in [6.07, 6.45) is 2.16. The Kier molecular flexibility index (Phi) is 5.40. The highest BCUT2D eigenvalue weighted by atomic mass is 79.9. The quantitative estimate of drug-likeness (QED) is 0.611. The average molecular weight is 340 g/mol. The third-order valence-corrected chi connectivity index (χ3v) is 5.22.